The Morgan fingerprint density at radius 3 is 2.80 bits per heavy atom. The van der Waals surface area contributed by atoms with Crippen molar-refractivity contribution in [3.05, 3.63) is 17.0 Å². The number of thiophene rings is 1. The number of carbonyl (C=O) groups excluding carboxylic acids is 2. The molecular weight excluding hydrogens is 276 g/mol. The molecule has 1 unspecified atom stereocenters. The van der Waals surface area contributed by atoms with Gasteiger partial charge in [0.05, 0.1) is 9.88 Å². The first kappa shape index (κ1) is 13.6. The van der Waals surface area contributed by atoms with Gasteiger partial charge in [0.1, 0.15) is 0 Å². The van der Waals surface area contributed by atoms with E-state index in [4.69, 9.17) is 5.11 Å². The molecule has 1 aromatic heterocycles. The van der Waals surface area contributed by atoms with Crippen molar-refractivity contribution in [1.82, 2.24) is 4.90 Å². The predicted octanol–water partition coefficient (Wildman–Crippen LogP) is 1.55. The van der Waals surface area contributed by atoms with Crippen molar-refractivity contribution in [2.24, 2.45) is 11.8 Å². The molecule has 1 saturated carbocycles. The molecule has 2 aliphatic rings. The van der Waals surface area contributed by atoms with Crippen LogP contribution in [-0.4, -0.2) is 41.5 Å². The zero-order chi connectivity index (χ0) is 14.1. The molecule has 0 aromatic carbocycles. The fourth-order valence-corrected chi connectivity index (χ4v) is 3.29. The minimum atomic E-state index is -0.00197. The van der Waals surface area contributed by atoms with E-state index < -0.39 is 0 Å². The minimum Gasteiger partial charge on any atom is -0.396 e. The second-order valence-corrected chi connectivity index (χ2v) is 6.60. The molecule has 0 bridgehead atoms. The summed E-state index contributed by atoms with van der Waals surface area (Å²) in [6, 6.07) is 3.56. The lowest BCUT2D eigenvalue weighted by atomic mass is 10.1. The highest BCUT2D eigenvalue weighted by atomic mass is 32.1. The number of hydrogen-bond donors (Lipinski definition) is 2. The summed E-state index contributed by atoms with van der Waals surface area (Å²) in [5.41, 5.74) is 0. The average Bonchev–Trinajstić information content (AvgIpc) is 3.02. The second-order valence-electron chi connectivity index (χ2n) is 5.52. The number of rotatable bonds is 4. The summed E-state index contributed by atoms with van der Waals surface area (Å²) in [5, 5.41) is 12.7. The van der Waals surface area contributed by atoms with Gasteiger partial charge in [0.15, 0.2) is 0 Å². The third kappa shape index (κ3) is 2.86. The van der Waals surface area contributed by atoms with E-state index >= 15 is 0 Å². The van der Waals surface area contributed by atoms with E-state index in [0.29, 0.717) is 18.0 Å². The third-order valence-corrected chi connectivity index (χ3v) is 4.83. The summed E-state index contributed by atoms with van der Waals surface area (Å²) >= 11 is 1.32. The topological polar surface area (TPSA) is 69.6 Å². The molecule has 2 heterocycles. The van der Waals surface area contributed by atoms with Gasteiger partial charge in [-0.2, -0.15) is 0 Å². The molecular formula is C14H18N2O3S. The Kier molecular flexibility index (Phi) is 3.76. The fraction of sp³-hybridized carbons (Fsp3) is 0.571. The SMILES string of the molecule is O=C(Nc1ccc(C(=O)N2CCC(CO)C2)s1)C1CC1. The zero-order valence-corrected chi connectivity index (χ0v) is 12.0. The number of anilines is 1. The van der Waals surface area contributed by atoms with E-state index in [0.717, 1.165) is 24.3 Å². The van der Waals surface area contributed by atoms with Gasteiger partial charge in [-0.3, -0.25) is 9.59 Å². The molecule has 2 N–H and O–H groups in total. The number of carbonyl (C=O) groups is 2. The van der Waals surface area contributed by atoms with Crippen LogP contribution in [-0.2, 0) is 4.79 Å². The summed E-state index contributed by atoms with van der Waals surface area (Å²) < 4.78 is 0. The number of hydrogen-bond acceptors (Lipinski definition) is 4. The molecule has 0 spiro atoms. The van der Waals surface area contributed by atoms with Gasteiger partial charge in [-0.05, 0) is 31.4 Å². The summed E-state index contributed by atoms with van der Waals surface area (Å²) in [6.07, 6.45) is 2.80. The van der Waals surface area contributed by atoms with Crippen molar-refractivity contribution in [3.63, 3.8) is 0 Å². The number of amides is 2. The van der Waals surface area contributed by atoms with Crippen molar-refractivity contribution >= 4 is 28.2 Å². The van der Waals surface area contributed by atoms with Gasteiger partial charge in [0.2, 0.25) is 5.91 Å². The van der Waals surface area contributed by atoms with Crippen LogP contribution >= 0.6 is 11.3 Å². The molecule has 1 aliphatic carbocycles. The zero-order valence-electron chi connectivity index (χ0n) is 11.2. The van der Waals surface area contributed by atoms with Crippen LogP contribution in [0.3, 0.4) is 0 Å². The molecule has 1 aliphatic heterocycles. The Morgan fingerprint density at radius 1 is 1.35 bits per heavy atom. The first-order valence-corrected chi connectivity index (χ1v) is 7.80. The first-order valence-electron chi connectivity index (χ1n) is 6.98. The van der Waals surface area contributed by atoms with Crippen molar-refractivity contribution in [3.8, 4) is 0 Å². The minimum absolute atomic E-state index is 0.00197. The Morgan fingerprint density at radius 2 is 2.15 bits per heavy atom. The molecule has 6 heteroatoms. The standard InChI is InChI=1S/C14H18N2O3S/c17-8-9-5-6-16(7-9)14(19)11-3-4-12(20-11)15-13(18)10-1-2-10/h3-4,9-10,17H,1-2,5-8H2,(H,15,18). The van der Waals surface area contributed by atoms with E-state index in [1.54, 1.807) is 17.0 Å². The molecule has 2 amide bonds. The second kappa shape index (κ2) is 5.54. The highest BCUT2D eigenvalue weighted by molar-refractivity contribution is 7.18. The Balaban J connectivity index is 1.61. The smallest absolute Gasteiger partial charge is 0.264 e. The fourth-order valence-electron chi connectivity index (χ4n) is 2.41. The van der Waals surface area contributed by atoms with E-state index in [-0.39, 0.29) is 30.3 Å². The van der Waals surface area contributed by atoms with Crippen LogP contribution in [0.2, 0.25) is 0 Å². The van der Waals surface area contributed by atoms with Crippen LogP contribution in [0, 0.1) is 11.8 Å². The average molecular weight is 294 g/mol. The van der Waals surface area contributed by atoms with Gasteiger partial charge in [-0.25, -0.2) is 0 Å². The lowest BCUT2D eigenvalue weighted by Gasteiger charge is -2.14. The number of nitrogens with zero attached hydrogens (tertiary/aromatic N) is 1. The van der Waals surface area contributed by atoms with Crippen molar-refractivity contribution in [2.45, 2.75) is 19.3 Å². The van der Waals surface area contributed by atoms with Crippen LogP contribution in [0.15, 0.2) is 12.1 Å². The van der Waals surface area contributed by atoms with Crippen LogP contribution in [0.1, 0.15) is 28.9 Å². The number of likely N-dealkylation sites (tertiary alicyclic amines) is 1. The van der Waals surface area contributed by atoms with Crippen LogP contribution < -0.4 is 5.32 Å². The molecule has 108 valence electrons. The van der Waals surface area contributed by atoms with E-state index in [1.165, 1.54) is 11.3 Å². The molecule has 3 rings (SSSR count). The predicted molar refractivity (Wildman–Crippen MR) is 76.8 cm³/mol. The van der Waals surface area contributed by atoms with Crippen molar-refractivity contribution in [2.75, 3.05) is 25.0 Å². The molecule has 20 heavy (non-hydrogen) atoms. The molecule has 1 aromatic rings. The number of aliphatic hydroxyl groups is 1. The van der Waals surface area contributed by atoms with E-state index in [2.05, 4.69) is 5.32 Å². The van der Waals surface area contributed by atoms with Gasteiger partial charge in [0, 0.05) is 31.5 Å². The van der Waals surface area contributed by atoms with Gasteiger partial charge in [0.25, 0.3) is 5.91 Å². The number of nitrogens with one attached hydrogen (secondary N) is 1. The van der Waals surface area contributed by atoms with Crippen LogP contribution in [0.4, 0.5) is 5.00 Å². The summed E-state index contributed by atoms with van der Waals surface area (Å²) in [5.74, 6) is 0.429. The number of aliphatic hydroxyl groups excluding tert-OH is 1. The molecule has 2 fully saturated rings. The highest BCUT2D eigenvalue weighted by Crippen LogP contribution is 2.32. The van der Waals surface area contributed by atoms with Gasteiger partial charge in [-0.15, -0.1) is 11.3 Å². The van der Waals surface area contributed by atoms with Gasteiger partial charge in [-0.1, -0.05) is 0 Å². The first-order chi connectivity index (χ1) is 9.67. The van der Waals surface area contributed by atoms with E-state index in [9.17, 15) is 9.59 Å². The Hall–Kier alpha value is -1.40. The normalized spacial score (nSPS) is 22.1. The quantitative estimate of drug-likeness (QED) is 0.885. The third-order valence-electron chi connectivity index (χ3n) is 3.84. The summed E-state index contributed by atoms with van der Waals surface area (Å²) in [6.45, 7) is 1.46. The maximum atomic E-state index is 12.3. The highest BCUT2D eigenvalue weighted by Gasteiger charge is 2.30. The van der Waals surface area contributed by atoms with Gasteiger partial charge < -0.3 is 15.3 Å². The van der Waals surface area contributed by atoms with Crippen molar-refractivity contribution in [1.29, 1.82) is 0 Å². The maximum absolute atomic E-state index is 12.3. The molecule has 1 saturated heterocycles. The summed E-state index contributed by atoms with van der Waals surface area (Å²) in [7, 11) is 0. The monoisotopic (exact) mass is 294 g/mol. The molecule has 1 atom stereocenters. The molecule has 0 radical (unpaired) electrons. The largest absolute Gasteiger partial charge is 0.396 e. The summed E-state index contributed by atoms with van der Waals surface area (Å²) in [4.78, 5) is 26.4. The lowest BCUT2D eigenvalue weighted by molar-refractivity contribution is -0.117. The van der Waals surface area contributed by atoms with E-state index in [1.807, 2.05) is 0 Å². The lowest BCUT2D eigenvalue weighted by Crippen LogP contribution is -2.28. The Bertz CT molecular complexity index is 524. The van der Waals surface area contributed by atoms with Crippen LogP contribution in [0.5, 0.6) is 0 Å². The Labute approximate surface area is 121 Å². The maximum Gasteiger partial charge on any atom is 0.264 e. The molecule has 5 nitrogen and oxygen atoms in total. The van der Waals surface area contributed by atoms with Gasteiger partial charge >= 0.3 is 0 Å². The van der Waals surface area contributed by atoms with Crippen molar-refractivity contribution < 1.29 is 14.7 Å². The van der Waals surface area contributed by atoms with Crippen LogP contribution in [0.25, 0.3) is 0 Å².